The van der Waals surface area contributed by atoms with Crippen molar-refractivity contribution in [3.8, 4) is 5.75 Å². The van der Waals surface area contributed by atoms with Crippen molar-refractivity contribution in [3.63, 3.8) is 0 Å². The summed E-state index contributed by atoms with van der Waals surface area (Å²) in [5, 5.41) is 5.37. The van der Waals surface area contributed by atoms with E-state index < -0.39 is 17.9 Å². The molecule has 0 bridgehead atoms. The number of aromatic nitrogens is 2. The highest BCUT2D eigenvalue weighted by Crippen LogP contribution is 2.27. The molecule has 2 N–H and O–H groups in total. The minimum Gasteiger partial charge on any atom is -0.496 e. The zero-order valence-electron chi connectivity index (χ0n) is 12.8. The quantitative estimate of drug-likeness (QED) is 0.889. The van der Waals surface area contributed by atoms with Gasteiger partial charge in [-0.2, -0.15) is 0 Å². The number of methoxy groups -OCH3 is 1. The predicted octanol–water partition coefficient (Wildman–Crippen LogP) is 2.13. The van der Waals surface area contributed by atoms with Gasteiger partial charge in [0, 0.05) is 19.4 Å². The van der Waals surface area contributed by atoms with Crippen molar-refractivity contribution in [1.29, 1.82) is 0 Å². The van der Waals surface area contributed by atoms with Gasteiger partial charge in [-0.3, -0.25) is 0 Å². The standard InChI is InChI=1S/C15H19FN4O2/c1-10(14-11(16)5-4-6-12(14)22-3)19-15(21)18-9-13-17-7-8-20(13)2/h4-8,10H,9H2,1-3H3,(H2,18,19,21)/t10-/m1/s1. The van der Waals surface area contributed by atoms with E-state index in [1.807, 2.05) is 11.6 Å². The van der Waals surface area contributed by atoms with Crippen LogP contribution in [-0.4, -0.2) is 22.7 Å². The highest BCUT2D eigenvalue weighted by molar-refractivity contribution is 5.74. The third-order valence-electron chi connectivity index (χ3n) is 3.34. The van der Waals surface area contributed by atoms with Crippen molar-refractivity contribution in [2.75, 3.05) is 7.11 Å². The maximum Gasteiger partial charge on any atom is 0.315 e. The van der Waals surface area contributed by atoms with Crippen molar-refractivity contribution in [3.05, 3.63) is 47.8 Å². The van der Waals surface area contributed by atoms with E-state index in [4.69, 9.17) is 4.74 Å². The maximum atomic E-state index is 13.9. The molecule has 6 nitrogen and oxygen atoms in total. The Kier molecular flexibility index (Phi) is 4.98. The first-order valence-corrected chi connectivity index (χ1v) is 6.86. The summed E-state index contributed by atoms with van der Waals surface area (Å²) in [4.78, 5) is 16.0. The van der Waals surface area contributed by atoms with Crippen LogP contribution in [0.15, 0.2) is 30.6 Å². The third-order valence-corrected chi connectivity index (χ3v) is 3.34. The summed E-state index contributed by atoms with van der Waals surface area (Å²) in [6.07, 6.45) is 3.45. The van der Waals surface area contributed by atoms with Crippen molar-refractivity contribution in [2.45, 2.75) is 19.5 Å². The van der Waals surface area contributed by atoms with Crippen molar-refractivity contribution in [2.24, 2.45) is 7.05 Å². The number of amides is 2. The van der Waals surface area contributed by atoms with Crippen LogP contribution in [0.2, 0.25) is 0 Å². The largest absolute Gasteiger partial charge is 0.496 e. The van der Waals surface area contributed by atoms with E-state index in [2.05, 4.69) is 15.6 Å². The molecule has 2 rings (SSSR count). The number of nitrogens with one attached hydrogen (secondary N) is 2. The van der Waals surface area contributed by atoms with Gasteiger partial charge in [0.25, 0.3) is 0 Å². The second-order valence-corrected chi connectivity index (χ2v) is 4.86. The lowest BCUT2D eigenvalue weighted by Gasteiger charge is -2.18. The van der Waals surface area contributed by atoms with Gasteiger partial charge in [-0.25, -0.2) is 14.2 Å². The summed E-state index contributed by atoms with van der Waals surface area (Å²) in [5.74, 6) is 0.708. The van der Waals surface area contributed by atoms with Crippen LogP contribution in [-0.2, 0) is 13.6 Å². The average molecular weight is 306 g/mol. The maximum absolute atomic E-state index is 13.9. The lowest BCUT2D eigenvalue weighted by Crippen LogP contribution is -2.37. The molecule has 1 aromatic heterocycles. The Labute approximate surface area is 128 Å². The number of nitrogens with zero attached hydrogens (tertiary/aromatic N) is 2. The molecular formula is C15H19FN4O2. The fraction of sp³-hybridized carbons (Fsp3) is 0.333. The molecule has 0 saturated carbocycles. The molecule has 7 heteroatoms. The van der Waals surface area contributed by atoms with E-state index >= 15 is 0 Å². The van der Waals surface area contributed by atoms with Crippen LogP contribution in [0.5, 0.6) is 5.75 Å². The van der Waals surface area contributed by atoms with Gasteiger partial charge < -0.3 is 19.9 Å². The molecule has 0 fully saturated rings. The fourth-order valence-electron chi connectivity index (χ4n) is 2.16. The zero-order valence-corrected chi connectivity index (χ0v) is 12.8. The Morgan fingerprint density at radius 1 is 1.50 bits per heavy atom. The van der Waals surface area contributed by atoms with Crippen molar-refractivity contribution >= 4 is 6.03 Å². The summed E-state index contributed by atoms with van der Waals surface area (Å²) in [6, 6.07) is 3.62. The van der Waals surface area contributed by atoms with Gasteiger partial charge in [0.2, 0.25) is 0 Å². The number of hydrogen-bond acceptors (Lipinski definition) is 3. The van der Waals surface area contributed by atoms with Crippen molar-refractivity contribution in [1.82, 2.24) is 20.2 Å². The molecule has 22 heavy (non-hydrogen) atoms. The Bertz CT molecular complexity index is 657. The van der Waals surface area contributed by atoms with E-state index in [1.54, 1.807) is 31.5 Å². The molecule has 2 aromatic rings. The molecular weight excluding hydrogens is 287 g/mol. The molecule has 2 amide bonds. The zero-order chi connectivity index (χ0) is 16.1. The highest BCUT2D eigenvalue weighted by atomic mass is 19.1. The number of benzene rings is 1. The molecule has 118 valence electrons. The number of rotatable bonds is 5. The molecule has 0 unspecified atom stereocenters. The number of ether oxygens (including phenoxy) is 1. The number of aryl methyl sites for hydroxylation is 1. The van der Waals surface area contributed by atoms with E-state index in [1.165, 1.54) is 13.2 Å². The minimum atomic E-state index is -0.530. The van der Waals surface area contributed by atoms with Gasteiger partial charge >= 0.3 is 6.03 Å². The van der Waals surface area contributed by atoms with Crippen LogP contribution >= 0.6 is 0 Å². The van der Waals surface area contributed by atoms with E-state index in [9.17, 15) is 9.18 Å². The Balaban J connectivity index is 1.98. The van der Waals surface area contributed by atoms with Gasteiger partial charge in [-0.05, 0) is 19.1 Å². The Hall–Kier alpha value is -2.57. The predicted molar refractivity (Wildman–Crippen MR) is 79.9 cm³/mol. The van der Waals surface area contributed by atoms with Crippen LogP contribution in [0, 0.1) is 5.82 Å². The van der Waals surface area contributed by atoms with Crippen molar-refractivity contribution < 1.29 is 13.9 Å². The molecule has 0 saturated heterocycles. The molecule has 1 aromatic carbocycles. The van der Waals surface area contributed by atoms with Crippen LogP contribution < -0.4 is 15.4 Å². The number of hydrogen-bond donors (Lipinski definition) is 2. The molecule has 0 aliphatic heterocycles. The van der Waals surface area contributed by atoms with E-state index in [-0.39, 0.29) is 6.54 Å². The lowest BCUT2D eigenvalue weighted by molar-refractivity contribution is 0.236. The van der Waals surface area contributed by atoms with Gasteiger partial charge in [0.1, 0.15) is 17.4 Å². The first-order valence-electron chi connectivity index (χ1n) is 6.86. The molecule has 0 radical (unpaired) electrons. The fourth-order valence-corrected chi connectivity index (χ4v) is 2.16. The number of carbonyl (C=O) groups excluding carboxylic acids is 1. The number of carbonyl (C=O) groups is 1. The summed E-state index contributed by atoms with van der Waals surface area (Å²) >= 11 is 0. The Morgan fingerprint density at radius 3 is 2.91 bits per heavy atom. The minimum absolute atomic E-state index is 0.288. The third kappa shape index (κ3) is 3.55. The topological polar surface area (TPSA) is 68.2 Å². The molecule has 0 aliphatic carbocycles. The van der Waals surface area contributed by atoms with Crippen LogP contribution in [0.3, 0.4) is 0 Å². The second-order valence-electron chi connectivity index (χ2n) is 4.86. The van der Waals surface area contributed by atoms with Crippen LogP contribution in [0.4, 0.5) is 9.18 Å². The van der Waals surface area contributed by atoms with Gasteiger partial charge in [-0.15, -0.1) is 0 Å². The molecule has 0 aliphatic rings. The van der Waals surface area contributed by atoms with Crippen LogP contribution in [0.25, 0.3) is 0 Å². The Morgan fingerprint density at radius 2 is 2.27 bits per heavy atom. The van der Waals surface area contributed by atoms with E-state index in [0.29, 0.717) is 11.3 Å². The second kappa shape index (κ2) is 6.93. The first kappa shape index (κ1) is 15.8. The number of halogens is 1. The van der Waals surface area contributed by atoms with Gasteiger partial charge in [0.05, 0.1) is 25.3 Å². The lowest BCUT2D eigenvalue weighted by atomic mass is 10.1. The van der Waals surface area contributed by atoms with Gasteiger partial charge in [-0.1, -0.05) is 6.07 Å². The first-order chi connectivity index (χ1) is 10.5. The SMILES string of the molecule is COc1cccc(F)c1[C@@H](C)NC(=O)NCc1nccn1C. The summed E-state index contributed by atoms with van der Waals surface area (Å²) in [5.41, 5.74) is 0.317. The monoisotopic (exact) mass is 306 g/mol. The highest BCUT2D eigenvalue weighted by Gasteiger charge is 2.18. The number of imidazole rings is 1. The van der Waals surface area contributed by atoms with Crippen LogP contribution in [0.1, 0.15) is 24.4 Å². The summed E-state index contributed by atoms with van der Waals surface area (Å²) < 4.78 is 20.9. The average Bonchev–Trinajstić information content (AvgIpc) is 2.89. The normalized spacial score (nSPS) is 11.8. The number of urea groups is 1. The molecule has 1 heterocycles. The molecule has 0 spiro atoms. The summed E-state index contributed by atoms with van der Waals surface area (Å²) in [6.45, 7) is 1.98. The van der Waals surface area contributed by atoms with Gasteiger partial charge in [0.15, 0.2) is 0 Å². The van der Waals surface area contributed by atoms with E-state index in [0.717, 1.165) is 5.82 Å². The molecule has 1 atom stereocenters. The smallest absolute Gasteiger partial charge is 0.315 e. The summed E-state index contributed by atoms with van der Waals surface area (Å²) in [7, 11) is 3.31.